The summed E-state index contributed by atoms with van der Waals surface area (Å²) in [5, 5.41) is 9.47. The number of amides is 2. The first-order valence-corrected chi connectivity index (χ1v) is 9.02. The molecule has 0 saturated heterocycles. The Kier molecular flexibility index (Phi) is 4.94. The molecule has 2 aromatic carbocycles. The van der Waals surface area contributed by atoms with E-state index in [1.54, 1.807) is 24.3 Å². The second kappa shape index (κ2) is 7.70. The first kappa shape index (κ1) is 18.6. The average molecular weight is 396 g/mol. The Morgan fingerprint density at radius 3 is 2.66 bits per heavy atom. The van der Waals surface area contributed by atoms with E-state index in [0.717, 1.165) is 17.5 Å². The van der Waals surface area contributed by atoms with Crippen LogP contribution in [-0.4, -0.2) is 27.6 Å². The molecule has 29 heavy (non-hydrogen) atoms. The third kappa shape index (κ3) is 4.57. The molecule has 0 atom stereocenters. The van der Waals surface area contributed by atoms with Gasteiger partial charge in [-0.3, -0.25) is 9.59 Å². The minimum Gasteiger partial charge on any atom is -0.388 e. The van der Waals surface area contributed by atoms with Crippen molar-refractivity contribution in [3.63, 3.8) is 0 Å². The second-order valence-electron chi connectivity index (χ2n) is 6.71. The van der Waals surface area contributed by atoms with Gasteiger partial charge in [0.25, 0.3) is 5.91 Å². The Bertz CT molecular complexity index is 1120. The Labute approximate surface area is 164 Å². The van der Waals surface area contributed by atoms with Crippen LogP contribution in [0.3, 0.4) is 0 Å². The van der Waals surface area contributed by atoms with Crippen molar-refractivity contribution < 1.29 is 18.4 Å². The van der Waals surface area contributed by atoms with Gasteiger partial charge in [0.2, 0.25) is 11.8 Å². The molecule has 0 spiro atoms. The number of hydrogen-bond acceptors (Lipinski definition) is 5. The van der Waals surface area contributed by atoms with E-state index in [9.17, 15) is 18.8 Å². The van der Waals surface area contributed by atoms with E-state index in [0.29, 0.717) is 16.8 Å². The lowest BCUT2D eigenvalue weighted by Crippen LogP contribution is -2.27. The fourth-order valence-electron chi connectivity index (χ4n) is 2.69. The van der Waals surface area contributed by atoms with Crippen LogP contribution in [0.2, 0.25) is 0 Å². The van der Waals surface area contributed by atoms with Crippen LogP contribution in [0.5, 0.6) is 0 Å². The van der Waals surface area contributed by atoms with Gasteiger partial charge in [0.05, 0.1) is 0 Å². The van der Waals surface area contributed by atoms with Crippen LogP contribution >= 0.6 is 0 Å². The highest BCUT2D eigenvalue weighted by atomic mass is 19.1. The zero-order chi connectivity index (χ0) is 20.4. The van der Waals surface area contributed by atoms with Crippen LogP contribution < -0.4 is 16.4 Å². The fraction of sp³-hybridized carbons (Fsp3) is 0.200. The van der Waals surface area contributed by atoms with Gasteiger partial charge in [-0.1, -0.05) is 6.07 Å². The van der Waals surface area contributed by atoms with Gasteiger partial charge in [-0.25, -0.2) is 9.18 Å². The monoisotopic (exact) mass is 396 g/mol. The third-order valence-corrected chi connectivity index (χ3v) is 4.31. The van der Waals surface area contributed by atoms with Gasteiger partial charge in [0.1, 0.15) is 12.4 Å². The normalized spacial score (nSPS) is 13.1. The zero-order valence-electron chi connectivity index (χ0n) is 15.2. The Hall–Kier alpha value is -3.75. The number of anilines is 1. The first-order chi connectivity index (χ1) is 14.0. The quantitative estimate of drug-likeness (QED) is 0.664. The van der Waals surface area contributed by atoms with Gasteiger partial charge >= 0.3 is 5.76 Å². The third-order valence-electron chi connectivity index (χ3n) is 4.31. The maximum Gasteiger partial charge on any atom is 0.437 e. The van der Waals surface area contributed by atoms with Gasteiger partial charge in [0, 0.05) is 22.9 Å². The van der Waals surface area contributed by atoms with E-state index >= 15 is 0 Å². The Balaban J connectivity index is 1.43. The van der Waals surface area contributed by atoms with Crippen molar-refractivity contribution in [1.82, 2.24) is 15.1 Å². The number of aromatic nitrogens is 2. The molecule has 0 unspecified atom stereocenters. The maximum atomic E-state index is 13.0. The highest BCUT2D eigenvalue weighted by Crippen LogP contribution is 2.20. The van der Waals surface area contributed by atoms with Gasteiger partial charge in [-0.2, -0.15) is 4.68 Å². The molecule has 0 bridgehead atoms. The molecular weight excluding hydrogens is 379 g/mol. The smallest absolute Gasteiger partial charge is 0.388 e. The van der Waals surface area contributed by atoms with Gasteiger partial charge in [0.15, 0.2) is 0 Å². The van der Waals surface area contributed by atoms with Crippen LogP contribution in [0, 0.1) is 5.82 Å². The summed E-state index contributed by atoms with van der Waals surface area (Å²) in [6.07, 6.45) is 1.96. The van der Waals surface area contributed by atoms with Crippen molar-refractivity contribution in [2.45, 2.75) is 25.4 Å². The van der Waals surface area contributed by atoms with E-state index in [-0.39, 0.29) is 24.4 Å². The zero-order valence-corrected chi connectivity index (χ0v) is 15.2. The topological polar surface area (TPSA) is 106 Å². The molecule has 2 amide bonds. The molecule has 1 aliphatic rings. The summed E-state index contributed by atoms with van der Waals surface area (Å²) in [7, 11) is 0. The molecule has 1 heterocycles. The largest absolute Gasteiger partial charge is 0.437 e. The highest BCUT2D eigenvalue weighted by Gasteiger charge is 2.23. The van der Waals surface area contributed by atoms with Crippen molar-refractivity contribution in [1.29, 1.82) is 0 Å². The number of nitrogens with zero attached hydrogens (tertiary/aromatic N) is 2. The number of rotatable bonds is 6. The Morgan fingerprint density at radius 1 is 1.17 bits per heavy atom. The number of halogens is 1. The van der Waals surface area contributed by atoms with Crippen molar-refractivity contribution in [2.75, 3.05) is 5.32 Å². The van der Waals surface area contributed by atoms with E-state index in [4.69, 9.17) is 4.42 Å². The van der Waals surface area contributed by atoms with Crippen LogP contribution in [0.15, 0.2) is 57.7 Å². The lowest BCUT2D eigenvalue weighted by molar-refractivity contribution is -0.117. The van der Waals surface area contributed by atoms with Gasteiger partial charge in [-0.15, -0.1) is 5.10 Å². The molecule has 4 rings (SSSR count). The summed E-state index contributed by atoms with van der Waals surface area (Å²) < 4.78 is 18.9. The average Bonchev–Trinajstić information content (AvgIpc) is 3.44. The molecule has 0 aliphatic heterocycles. The van der Waals surface area contributed by atoms with E-state index in [2.05, 4.69) is 15.7 Å². The summed E-state index contributed by atoms with van der Waals surface area (Å²) in [6, 6.07) is 12.0. The predicted octanol–water partition coefficient (Wildman–Crippen LogP) is 2.17. The fourth-order valence-corrected chi connectivity index (χ4v) is 2.69. The molecular formula is C20H17FN4O4. The van der Waals surface area contributed by atoms with Crippen LogP contribution in [0.1, 0.15) is 23.2 Å². The van der Waals surface area contributed by atoms with Gasteiger partial charge in [-0.05, 0) is 55.3 Å². The first-order valence-electron chi connectivity index (χ1n) is 9.02. The molecule has 9 heteroatoms. The van der Waals surface area contributed by atoms with Crippen molar-refractivity contribution in [3.05, 3.63) is 70.5 Å². The van der Waals surface area contributed by atoms with Gasteiger partial charge < -0.3 is 15.1 Å². The number of carbonyl (C=O) groups is 2. The number of benzene rings is 2. The standard InChI is InChI=1S/C20H17FN4O4/c21-14-6-4-12(5-7-14)19-24-25(20(28)29-19)11-17(26)22-16-3-1-2-13(10-16)18(27)23-15-8-9-15/h1-7,10,15H,8-9,11H2,(H,22,26)(H,23,27). The molecule has 148 valence electrons. The lowest BCUT2D eigenvalue weighted by Gasteiger charge is -2.07. The molecule has 0 radical (unpaired) electrons. The van der Waals surface area contributed by atoms with Crippen LogP contribution in [-0.2, 0) is 11.3 Å². The summed E-state index contributed by atoms with van der Waals surface area (Å²) in [6.45, 7) is -0.373. The second-order valence-corrected chi connectivity index (χ2v) is 6.71. The van der Waals surface area contributed by atoms with E-state index in [1.807, 2.05) is 0 Å². The lowest BCUT2D eigenvalue weighted by atomic mass is 10.2. The van der Waals surface area contributed by atoms with Crippen molar-refractivity contribution in [3.8, 4) is 11.5 Å². The molecule has 1 fully saturated rings. The van der Waals surface area contributed by atoms with E-state index < -0.39 is 17.5 Å². The number of hydrogen-bond donors (Lipinski definition) is 2. The number of nitrogens with one attached hydrogen (secondary N) is 2. The minimum absolute atomic E-state index is 0.0125. The Morgan fingerprint density at radius 2 is 1.93 bits per heavy atom. The van der Waals surface area contributed by atoms with Crippen molar-refractivity contribution >= 4 is 17.5 Å². The van der Waals surface area contributed by atoms with E-state index in [1.165, 1.54) is 24.3 Å². The molecule has 1 saturated carbocycles. The minimum atomic E-state index is -0.808. The summed E-state index contributed by atoms with van der Waals surface area (Å²) in [5.74, 6) is -1.95. The molecule has 8 nitrogen and oxygen atoms in total. The summed E-state index contributed by atoms with van der Waals surface area (Å²) in [4.78, 5) is 36.3. The SMILES string of the molecule is O=C(Cn1nc(-c2ccc(F)cc2)oc1=O)Nc1cccc(C(=O)NC2CC2)c1. The molecule has 1 aliphatic carbocycles. The number of carbonyl (C=O) groups excluding carboxylic acids is 2. The summed E-state index contributed by atoms with van der Waals surface area (Å²) >= 11 is 0. The van der Waals surface area contributed by atoms with Crippen LogP contribution in [0.4, 0.5) is 10.1 Å². The predicted molar refractivity (Wildman–Crippen MR) is 102 cm³/mol. The van der Waals surface area contributed by atoms with Crippen LogP contribution in [0.25, 0.3) is 11.5 Å². The molecule has 1 aromatic heterocycles. The molecule has 3 aromatic rings. The maximum absolute atomic E-state index is 13.0. The summed E-state index contributed by atoms with van der Waals surface area (Å²) in [5.41, 5.74) is 1.28. The highest BCUT2D eigenvalue weighted by molar-refractivity contribution is 5.97. The van der Waals surface area contributed by atoms with Crippen molar-refractivity contribution in [2.24, 2.45) is 0 Å². The molecule has 2 N–H and O–H groups in total.